The summed E-state index contributed by atoms with van der Waals surface area (Å²) < 4.78 is 0. The Kier molecular flexibility index (Phi) is 2.53. The smallest absolute Gasteiger partial charge is 0.186 e. The zero-order chi connectivity index (χ0) is 5.70. The van der Waals surface area contributed by atoms with Crippen molar-refractivity contribution in [2.45, 2.75) is 0 Å². The highest BCUT2D eigenvalue weighted by molar-refractivity contribution is 5.74. The van der Waals surface area contributed by atoms with Crippen molar-refractivity contribution < 1.29 is 0 Å². The molecule has 0 atom stereocenters. The van der Waals surface area contributed by atoms with Crippen LogP contribution in [0.1, 0.15) is 0 Å². The molecule has 0 radical (unpaired) electrons. The summed E-state index contributed by atoms with van der Waals surface area (Å²) >= 11 is 0. The number of nitrogens with one attached hydrogen (secondary N) is 2. The molecule has 4 N–H and O–H groups in total. The molecule has 0 heterocycles. The number of hydrogen-bond acceptors (Lipinski definition) is 1. The number of rotatable bonds is 1. The van der Waals surface area contributed by atoms with Crippen molar-refractivity contribution in [1.29, 1.82) is 5.41 Å². The Bertz CT molecular complexity index is 100.0. The molecular weight excluding hydrogens is 90.1 g/mol. The minimum Gasteiger partial charge on any atom is -0.370 e. The molecule has 0 aromatic carbocycles. The van der Waals surface area contributed by atoms with Gasteiger partial charge < -0.3 is 11.1 Å². The lowest BCUT2D eigenvalue weighted by Gasteiger charge is -1.92. The second kappa shape index (κ2) is 3.04. The molecule has 0 aliphatic carbocycles. The molecule has 38 valence electrons. The molecule has 7 heavy (non-hydrogen) atoms. The summed E-state index contributed by atoms with van der Waals surface area (Å²) in [6.07, 6.45) is 4.81. The fraction of sp³-hybridized carbons (Fsp3) is 0.250. The standard InChI is InChI=1S/C4H7N3/c1-2-3-7-4(5)6/h1H,3H2,(H4,5,6,7). The van der Waals surface area contributed by atoms with Crippen LogP contribution in [0.25, 0.3) is 0 Å². The van der Waals surface area contributed by atoms with Gasteiger partial charge in [0.05, 0.1) is 6.54 Å². The van der Waals surface area contributed by atoms with Crippen LogP contribution in [0.2, 0.25) is 0 Å². The van der Waals surface area contributed by atoms with Gasteiger partial charge in [0.2, 0.25) is 0 Å². The van der Waals surface area contributed by atoms with E-state index in [9.17, 15) is 0 Å². The summed E-state index contributed by atoms with van der Waals surface area (Å²) in [4.78, 5) is 0. The molecule has 0 aromatic rings. The molecule has 0 aliphatic heterocycles. The van der Waals surface area contributed by atoms with Gasteiger partial charge in [-0.25, -0.2) is 0 Å². The third-order valence-electron chi connectivity index (χ3n) is 0.381. The van der Waals surface area contributed by atoms with Gasteiger partial charge in [0.25, 0.3) is 0 Å². The molecule has 0 saturated carbocycles. The summed E-state index contributed by atoms with van der Waals surface area (Å²) in [5.41, 5.74) is 4.86. The summed E-state index contributed by atoms with van der Waals surface area (Å²) in [6.45, 7) is 0.329. The Morgan fingerprint density at radius 1 is 2.00 bits per heavy atom. The van der Waals surface area contributed by atoms with Crippen molar-refractivity contribution in [3.63, 3.8) is 0 Å². The first-order chi connectivity index (χ1) is 3.27. The van der Waals surface area contributed by atoms with E-state index in [0.29, 0.717) is 6.54 Å². The molecule has 0 saturated heterocycles. The summed E-state index contributed by atoms with van der Waals surface area (Å²) in [5.74, 6) is 2.18. The van der Waals surface area contributed by atoms with Crippen molar-refractivity contribution in [1.82, 2.24) is 5.32 Å². The lowest BCUT2D eigenvalue weighted by molar-refractivity contribution is 1.03. The van der Waals surface area contributed by atoms with Crippen molar-refractivity contribution in [3.05, 3.63) is 0 Å². The maximum Gasteiger partial charge on any atom is 0.186 e. The largest absolute Gasteiger partial charge is 0.370 e. The van der Waals surface area contributed by atoms with Crippen LogP contribution in [0.5, 0.6) is 0 Å². The quantitative estimate of drug-likeness (QED) is 0.225. The van der Waals surface area contributed by atoms with Gasteiger partial charge in [0.15, 0.2) is 5.96 Å². The zero-order valence-electron chi connectivity index (χ0n) is 3.86. The molecule has 0 spiro atoms. The Balaban J connectivity index is 3.02. The highest BCUT2D eigenvalue weighted by Gasteiger charge is 1.76. The number of nitrogens with two attached hydrogens (primary N) is 1. The normalized spacial score (nSPS) is 6.71. The predicted molar refractivity (Wildman–Crippen MR) is 28.7 cm³/mol. The molecule has 3 nitrogen and oxygen atoms in total. The summed E-state index contributed by atoms with van der Waals surface area (Å²) in [5, 5.41) is 8.99. The molecule has 0 aromatic heterocycles. The van der Waals surface area contributed by atoms with Crippen molar-refractivity contribution in [2.75, 3.05) is 6.54 Å². The first kappa shape index (κ1) is 5.83. The molecule has 0 fully saturated rings. The van der Waals surface area contributed by atoms with Crippen LogP contribution < -0.4 is 11.1 Å². The molecule has 3 heteroatoms. The van der Waals surface area contributed by atoms with Gasteiger partial charge in [-0.1, -0.05) is 5.92 Å². The molecule has 0 unspecified atom stereocenters. The Morgan fingerprint density at radius 2 is 2.57 bits per heavy atom. The van der Waals surface area contributed by atoms with Crippen LogP contribution in [0.3, 0.4) is 0 Å². The fourth-order valence-corrected chi connectivity index (χ4v) is 0.146. The maximum atomic E-state index is 6.57. The lowest BCUT2D eigenvalue weighted by Crippen LogP contribution is -2.30. The second-order valence-corrected chi connectivity index (χ2v) is 0.971. The predicted octanol–water partition coefficient (Wildman–Crippen LogP) is -0.897. The van der Waals surface area contributed by atoms with Crippen LogP contribution in [-0.2, 0) is 0 Å². The second-order valence-electron chi connectivity index (χ2n) is 0.971. The van der Waals surface area contributed by atoms with Gasteiger partial charge in [0.1, 0.15) is 0 Å². The van der Waals surface area contributed by atoms with E-state index >= 15 is 0 Å². The van der Waals surface area contributed by atoms with Crippen LogP contribution in [0, 0.1) is 17.8 Å². The van der Waals surface area contributed by atoms with E-state index in [1.54, 1.807) is 0 Å². The average Bonchev–Trinajstić information content (AvgIpc) is 1.61. The van der Waals surface area contributed by atoms with E-state index < -0.39 is 0 Å². The fourth-order valence-electron chi connectivity index (χ4n) is 0.146. The van der Waals surface area contributed by atoms with Gasteiger partial charge in [-0.3, -0.25) is 5.41 Å². The Morgan fingerprint density at radius 3 is 2.71 bits per heavy atom. The van der Waals surface area contributed by atoms with E-state index in [4.69, 9.17) is 17.6 Å². The lowest BCUT2D eigenvalue weighted by atomic mass is 10.7. The zero-order valence-corrected chi connectivity index (χ0v) is 3.86. The van der Waals surface area contributed by atoms with E-state index in [1.165, 1.54) is 0 Å². The van der Waals surface area contributed by atoms with Crippen molar-refractivity contribution >= 4 is 5.96 Å². The number of terminal acetylenes is 1. The molecule has 0 amide bonds. The summed E-state index contributed by atoms with van der Waals surface area (Å²) in [7, 11) is 0. The minimum absolute atomic E-state index is 0.0852. The minimum atomic E-state index is -0.0852. The first-order valence-electron chi connectivity index (χ1n) is 1.78. The van der Waals surface area contributed by atoms with Gasteiger partial charge in [-0.05, 0) is 0 Å². The van der Waals surface area contributed by atoms with Gasteiger partial charge >= 0.3 is 0 Å². The van der Waals surface area contributed by atoms with E-state index in [-0.39, 0.29) is 5.96 Å². The highest BCUT2D eigenvalue weighted by atomic mass is 15.0. The third kappa shape index (κ3) is 4.83. The average molecular weight is 97.1 g/mol. The van der Waals surface area contributed by atoms with Crippen LogP contribution in [-0.4, -0.2) is 12.5 Å². The van der Waals surface area contributed by atoms with Crippen LogP contribution in [0.15, 0.2) is 0 Å². The molecule has 0 aliphatic rings. The van der Waals surface area contributed by atoms with Crippen LogP contribution >= 0.6 is 0 Å². The van der Waals surface area contributed by atoms with Crippen molar-refractivity contribution in [2.24, 2.45) is 5.73 Å². The van der Waals surface area contributed by atoms with E-state index in [1.807, 2.05) is 0 Å². The monoisotopic (exact) mass is 97.1 g/mol. The topological polar surface area (TPSA) is 61.9 Å². The van der Waals surface area contributed by atoms with Gasteiger partial charge in [-0.2, -0.15) is 0 Å². The van der Waals surface area contributed by atoms with Gasteiger partial charge in [0, 0.05) is 0 Å². The first-order valence-corrected chi connectivity index (χ1v) is 1.78. The Hall–Kier alpha value is -1.17. The maximum absolute atomic E-state index is 6.57. The van der Waals surface area contributed by atoms with Crippen LogP contribution in [0.4, 0.5) is 0 Å². The van der Waals surface area contributed by atoms with E-state index in [0.717, 1.165) is 0 Å². The van der Waals surface area contributed by atoms with E-state index in [2.05, 4.69) is 11.2 Å². The van der Waals surface area contributed by atoms with Gasteiger partial charge in [-0.15, -0.1) is 6.42 Å². The third-order valence-corrected chi connectivity index (χ3v) is 0.381. The highest BCUT2D eigenvalue weighted by Crippen LogP contribution is 1.47. The SMILES string of the molecule is C#CCNC(=N)N. The summed E-state index contributed by atoms with van der Waals surface area (Å²) in [6, 6.07) is 0. The molecule has 0 bridgehead atoms. The number of guanidine groups is 1. The molecule has 0 rings (SSSR count). The molecular formula is C4H7N3. The number of hydrogen-bond donors (Lipinski definition) is 3. The Labute approximate surface area is 42.4 Å². The van der Waals surface area contributed by atoms with Crippen molar-refractivity contribution in [3.8, 4) is 12.3 Å².